The lowest BCUT2D eigenvalue weighted by atomic mass is 10.2. The highest BCUT2D eigenvalue weighted by Gasteiger charge is 2.17. The van der Waals surface area contributed by atoms with Crippen LogP contribution >= 0.6 is 11.8 Å². The normalized spacial score (nSPS) is 11.6. The summed E-state index contributed by atoms with van der Waals surface area (Å²) in [6, 6.07) is 12.5. The van der Waals surface area contributed by atoms with Crippen molar-refractivity contribution in [3.05, 3.63) is 65.7 Å². The first-order chi connectivity index (χ1) is 13.0. The minimum atomic E-state index is -3.59. The van der Waals surface area contributed by atoms with E-state index in [4.69, 9.17) is 0 Å². The highest BCUT2D eigenvalue weighted by molar-refractivity contribution is 7.98. The van der Waals surface area contributed by atoms with Crippen LogP contribution in [0.1, 0.15) is 24.0 Å². The van der Waals surface area contributed by atoms with Gasteiger partial charge >= 0.3 is 0 Å². The number of aromatic nitrogens is 4. The van der Waals surface area contributed by atoms with E-state index in [9.17, 15) is 8.42 Å². The molecule has 7 nitrogen and oxygen atoms in total. The standard InChI is InChI=1S/C18H21N5O2S2/c1-3-23-17(12-20-27(24,25)16-9-7-14(2)8-10-16)21-22-18(23)26-13-15-6-4-5-11-19-15/h4-11,20H,3,12-13H2,1-2H3. The Morgan fingerprint density at radius 1 is 1.11 bits per heavy atom. The summed E-state index contributed by atoms with van der Waals surface area (Å²) in [5, 5.41) is 9.10. The summed E-state index contributed by atoms with van der Waals surface area (Å²) < 4.78 is 29.4. The van der Waals surface area contributed by atoms with Gasteiger partial charge in [-0.15, -0.1) is 10.2 Å². The fraction of sp³-hybridized carbons (Fsp3) is 0.278. The van der Waals surface area contributed by atoms with Crippen LogP contribution in [0, 0.1) is 6.92 Å². The number of nitrogens with zero attached hydrogens (tertiary/aromatic N) is 4. The topological polar surface area (TPSA) is 89.8 Å². The Balaban J connectivity index is 1.68. The molecule has 0 atom stereocenters. The van der Waals surface area contributed by atoms with Crippen LogP contribution in [0.5, 0.6) is 0 Å². The summed E-state index contributed by atoms with van der Waals surface area (Å²) >= 11 is 1.53. The number of hydrogen-bond acceptors (Lipinski definition) is 6. The molecule has 0 amide bonds. The molecule has 0 bridgehead atoms. The smallest absolute Gasteiger partial charge is 0.240 e. The van der Waals surface area contributed by atoms with Gasteiger partial charge in [-0.1, -0.05) is 35.5 Å². The average molecular weight is 404 g/mol. The number of pyridine rings is 1. The number of sulfonamides is 1. The van der Waals surface area contributed by atoms with Crippen molar-refractivity contribution >= 4 is 21.8 Å². The average Bonchev–Trinajstić information content (AvgIpc) is 3.08. The van der Waals surface area contributed by atoms with E-state index in [1.807, 2.05) is 36.6 Å². The summed E-state index contributed by atoms with van der Waals surface area (Å²) in [6.45, 7) is 4.63. The minimum absolute atomic E-state index is 0.0845. The molecule has 0 radical (unpaired) electrons. The van der Waals surface area contributed by atoms with Crippen molar-refractivity contribution in [2.75, 3.05) is 0 Å². The fourth-order valence-electron chi connectivity index (χ4n) is 2.46. The van der Waals surface area contributed by atoms with Gasteiger partial charge < -0.3 is 4.57 Å². The Morgan fingerprint density at radius 2 is 1.89 bits per heavy atom. The Labute approximate surface area is 163 Å². The third kappa shape index (κ3) is 4.94. The molecule has 1 aromatic carbocycles. The van der Waals surface area contributed by atoms with Crippen LogP contribution in [0.3, 0.4) is 0 Å². The molecule has 9 heteroatoms. The largest absolute Gasteiger partial charge is 0.305 e. The van der Waals surface area contributed by atoms with Crippen molar-refractivity contribution in [2.24, 2.45) is 0 Å². The molecule has 0 aliphatic heterocycles. The Morgan fingerprint density at radius 3 is 2.56 bits per heavy atom. The minimum Gasteiger partial charge on any atom is -0.305 e. The molecule has 0 fully saturated rings. The van der Waals surface area contributed by atoms with E-state index in [0.29, 0.717) is 18.1 Å². The van der Waals surface area contributed by atoms with Crippen molar-refractivity contribution in [3.8, 4) is 0 Å². The van der Waals surface area contributed by atoms with Gasteiger partial charge in [-0.05, 0) is 38.1 Å². The molecule has 0 unspecified atom stereocenters. The first-order valence-electron chi connectivity index (χ1n) is 8.50. The molecule has 2 heterocycles. The summed E-state index contributed by atoms with van der Waals surface area (Å²) in [6.07, 6.45) is 1.76. The second kappa shape index (κ2) is 8.64. The maximum absolute atomic E-state index is 12.5. The lowest BCUT2D eigenvalue weighted by Gasteiger charge is -2.09. The zero-order valence-electron chi connectivity index (χ0n) is 15.2. The van der Waals surface area contributed by atoms with E-state index >= 15 is 0 Å². The highest BCUT2D eigenvalue weighted by Crippen LogP contribution is 2.21. The van der Waals surface area contributed by atoms with Crippen LogP contribution in [0.2, 0.25) is 0 Å². The molecule has 2 aromatic heterocycles. The van der Waals surface area contributed by atoms with Gasteiger partial charge in [-0.25, -0.2) is 13.1 Å². The molecule has 0 aliphatic carbocycles. The Kier molecular flexibility index (Phi) is 6.25. The predicted octanol–water partition coefficient (Wildman–Crippen LogP) is 2.77. The van der Waals surface area contributed by atoms with Crippen LogP contribution in [-0.4, -0.2) is 28.2 Å². The van der Waals surface area contributed by atoms with Gasteiger partial charge in [0.1, 0.15) is 5.82 Å². The number of benzene rings is 1. The monoisotopic (exact) mass is 403 g/mol. The van der Waals surface area contributed by atoms with Crippen molar-refractivity contribution in [1.82, 2.24) is 24.5 Å². The maximum Gasteiger partial charge on any atom is 0.240 e. The van der Waals surface area contributed by atoms with Gasteiger partial charge in [0.25, 0.3) is 0 Å². The molecule has 0 saturated carbocycles. The van der Waals surface area contributed by atoms with E-state index in [1.54, 1.807) is 30.5 Å². The van der Waals surface area contributed by atoms with Gasteiger partial charge in [0, 0.05) is 18.5 Å². The summed E-state index contributed by atoms with van der Waals surface area (Å²) in [7, 11) is -3.59. The quantitative estimate of drug-likeness (QED) is 0.582. The number of aryl methyl sites for hydroxylation is 1. The van der Waals surface area contributed by atoms with E-state index in [1.165, 1.54) is 11.8 Å². The van der Waals surface area contributed by atoms with Gasteiger partial charge in [0.15, 0.2) is 5.16 Å². The number of hydrogen-bond donors (Lipinski definition) is 1. The van der Waals surface area contributed by atoms with Crippen molar-refractivity contribution in [2.45, 2.75) is 42.7 Å². The van der Waals surface area contributed by atoms with Crippen LogP contribution in [0.25, 0.3) is 0 Å². The fourth-order valence-corrected chi connectivity index (χ4v) is 4.37. The first kappa shape index (κ1) is 19.5. The number of nitrogens with one attached hydrogen (secondary N) is 1. The highest BCUT2D eigenvalue weighted by atomic mass is 32.2. The molecule has 1 N–H and O–H groups in total. The molecule has 3 aromatic rings. The molecular weight excluding hydrogens is 382 g/mol. The van der Waals surface area contributed by atoms with E-state index in [0.717, 1.165) is 16.4 Å². The molecular formula is C18H21N5O2S2. The van der Waals surface area contributed by atoms with Crippen molar-refractivity contribution < 1.29 is 8.42 Å². The third-order valence-electron chi connectivity index (χ3n) is 3.94. The molecule has 0 saturated heterocycles. The summed E-state index contributed by atoms with van der Waals surface area (Å²) in [4.78, 5) is 4.53. The third-order valence-corrected chi connectivity index (χ3v) is 6.35. The van der Waals surface area contributed by atoms with Gasteiger partial charge in [0.05, 0.1) is 17.1 Å². The maximum atomic E-state index is 12.5. The van der Waals surface area contributed by atoms with E-state index in [2.05, 4.69) is 19.9 Å². The predicted molar refractivity (Wildman–Crippen MR) is 105 cm³/mol. The van der Waals surface area contributed by atoms with Crippen LogP contribution < -0.4 is 4.72 Å². The van der Waals surface area contributed by atoms with E-state index < -0.39 is 10.0 Å². The van der Waals surface area contributed by atoms with Crippen LogP contribution in [0.4, 0.5) is 0 Å². The van der Waals surface area contributed by atoms with Crippen molar-refractivity contribution in [1.29, 1.82) is 0 Å². The zero-order valence-corrected chi connectivity index (χ0v) is 16.8. The molecule has 0 aliphatic rings. The zero-order chi connectivity index (χ0) is 19.3. The van der Waals surface area contributed by atoms with Crippen molar-refractivity contribution in [3.63, 3.8) is 0 Å². The summed E-state index contributed by atoms with van der Waals surface area (Å²) in [5.41, 5.74) is 1.96. The number of thioether (sulfide) groups is 1. The second-order valence-electron chi connectivity index (χ2n) is 5.89. The lowest BCUT2D eigenvalue weighted by molar-refractivity contribution is 0.572. The van der Waals surface area contributed by atoms with E-state index in [-0.39, 0.29) is 11.4 Å². The Bertz CT molecular complexity index is 986. The SMILES string of the molecule is CCn1c(CNS(=O)(=O)c2ccc(C)cc2)nnc1SCc1ccccn1. The van der Waals surface area contributed by atoms with Gasteiger partial charge in [0.2, 0.25) is 10.0 Å². The Hall–Kier alpha value is -2.23. The van der Waals surface area contributed by atoms with Gasteiger partial charge in [-0.2, -0.15) is 0 Å². The molecule has 142 valence electrons. The molecule has 27 heavy (non-hydrogen) atoms. The molecule has 3 rings (SSSR count). The van der Waals surface area contributed by atoms with Gasteiger partial charge in [-0.3, -0.25) is 4.98 Å². The second-order valence-corrected chi connectivity index (χ2v) is 8.60. The molecule has 0 spiro atoms. The first-order valence-corrected chi connectivity index (χ1v) is 11.0. The van der Waals surface area contributed by atoms with Crippen LogP contribution in [-0.2, 0) is 28.9 Å². The van der Waals surface area contributed by atoms with Crippen LogP contribution in [0.15, 0.2) is 58.7 Å². The lowest BCUT2D eigenvalue weighted by Crippen LogP contribution is -2.25. The summed E-state index contributed by atoms with van der Waals surface area (Å²) in [5.74, 6) is 1.25. The number of rotatable bonds is 8.